The average Bonchev–Trinajstić information content (AvgIpc) is 3.06. The Morgan fingerprint density at radius 2 is 1.71 bits per heavy atom. The molecule has 2 amide bonds. The largest absolute Gasteiger partial charge is 0.366 e. The number of carbonyl (C=O) groups is 2. The number of primary amides is 1. The van der Waals surface area contributed by atoms with Crippen LogP contribution in [-0.4, -0.2) is 16.8 Å². The lowest BCUT2D eigenvalue weighted by Gasteiger charge is -2.03. The number of amides is 2. The molecule has 2 aromatic carbocycles. The Morgan fingerprint density at radius 1 is 1.04 bits per heavy atom. The molecule has 0 atom stereocenters. The first-order valence-electron chi connectivity index (χ1n) is 6.95. The quantitative estimate of drug-likeness (QED) is 0.744. The third-order valence-electron chi connectivity index (χ3n) is 3.26. The molecule has 0 spiro atoms. The molecule has 7 heteroatoms. The minimum Gasteiger partial charge on any atom is -0.366 e. The van der Waals surface area contributed by atoms with Crippen molar-refractivity contribution in [3.8, 4) is 10.6 Å². The number of nitrogens with two attached hydrogens (primary N) is 1. The number of hydrogen-bond donors (Lipinski definition) is 2. The zero-order valence-corrected chi connectivity index (χ0v) is 13.9. The first-order chi connectivity index (χ1) is 11.5. The smallest absolute Gasteiger partial charge is 0.275 e. The van der Waals surface area contributed by atoms with E-state index in [0.717, 1.165) is 10.6 Å². The van der Waals surface area contributed by atoms with Gasteiger partial charge in [0.15, 0.2) is 0 Å². The second-order valence-electron chi connectivity index (χ2n) is 4.94. The fourth-order valence-corrected chi connectivity index (χ4v) is 2.95. The highest BCUT2D eigenvalue weighted by Crippen LogP contribution is 2.25. The van der Waals surface area contributed by atoms with Crippen LogP contribution in [0, 0.1) is 0 Å². The maximum absolute atomic E-state index is 12.3. The predicted octanol–water partition coefficient (Wildman–Crippen LogP) is 3.81. The Kier molecular flexibility index (Phi) is 4.59. The molecule has 0 saturated carbocycles. The second kappa shape index (κ2) is 6.82. The van der Waals surface area contributed by atoms with Crippen molar-refractivity contribution in [1.82, 2.24) is 4.98 Å². The van der Waals surface area contributed by atoms with Gasteiger partial charge in [0.25, 0.3) is 5.91 Å². The minimum absolute atomic E-state index is 0.321. The van der Waals surface area contributed by atoms with Gasteiger partial charge in [-0.2, -0.15) is 0 Å². The van der Waals surface area contributed by atoms with E-state index in [1.807, 2.05) is 12.1 Å². The molecule has 1 aromatic heterocycles. The molecule has 0 unspecified atom stereocenters. The Labute approximate surface area is 147 Å². The summed E-state index contributed by atoms with van der Waals surface area (Å²) in [5.41, 5.74) is 7.34. The van der Waals surface area contributed by atoms with Crippen molar-refractivity contribution in [3.63, 3.8) is 0 Å². The number of benzene rings is 2. The first-order valence-corrected chi connectivity index (χ1v) is 8.21. The molecular weight excluding hydrogens is 346 g/mol. The molecule has 0 radical (unpaired) electrons. The van der Waals surface area contributed by atoms with Crippen LogP contribution in [0.15, 0.2) is 53.9 Å². The third-order valence-corrected chi connectivity index (χ3v) is 4.40. The van der Waals surface area contributed by atoms with Gasteiger partial charge in [-0.3, -0.25) is 9.59 Å². The Balaban J connectivity index is 1.73. The van der Waals surface area contributed by atoms with E-state index in [4.69, 9.17) is 17.3 Å². The van der Waals surface area contributed by atoms with Gasteiger partial charge in [0.05, 0.1) is 0 Å². The summed E-state index contributed by atoms with van der Waals surface area (Å²) in [6.07, 6.45) is 0. The zero-order chi connectivity index (χ0) is 17.1. The maximum Gasteiger partial charge on any atom is 0.275 e. The lowest BCUT2D eigenvalue weighted by Crippen LogP contribution is -2.13. The fraction of sp³-hybridized carbons (Fsp3) is 0. The number of carbonyl (C=O) groups excluding carboxylic acids is 2. The van der Waals surface area contributed by atoms with Gasteiger partial charge < -0.3 is 11.1 Å². The number of thiazole rings is 1. The molecule has 3 rings (SSSR count). The van der Waals surface area contributed by atoms with Crippen LogP contribution in [0.4, 0.5) is 5.69 Å². The van der Waals surface area contributed by atoms with Gasteiger partial charge in [0, 0.05) is 27.2 Å². The number of aromatic nitrogens is 1. The third kappa shape index (κ3) is 3.61. The van der Waals surface area contributed by atoms with Gasteiger partial charge in [-0.15, -0.1) is 11.3 Å². The molecule has 0 aliphatic carbocycles. The van der Waals surface area contributed by atoms with Crippen molar-refractivity contribution in [1.29, 1.82) is 0 Å². The molecule has 1 heterocycles. The molecule has 120 valence electrons. The summed E-state index contributed by atoms with van der Waals surface area (Å²) in [6.45, 7) is 0. The SMILES string of the molecule is NC(=O)c1ccc(NC(=O)c2csc(-c3ccc(Cl)cc3)n2)cc1. The van der Waals surface area contributed by atoms with Crippen molar-refractivity contribution in [3.05, 3.63) is 70.2 Å². The highest BCUT2D eigenvalue weighted by atomic mass is 35.5. The minimum atomic E-state index is -0.514. The number of anilines is 1. The summed E-state index contributed by atoms with van der Waals surface area (Å²) in [7, 11) is 0. The van der Waals surface area contributed by atoms with E-state index >= 15 is 0 Å². The molecule has 0 bridgehead atoms. The standard InChI is InChI=1S/C17H12ClN3O2S/c18-12-5-1-11(2-6-12)17-21-14(9-24-17)16(23)20-13-7-3-10(4-8-13)15(19)22/h1-9H,(H2,19,22)(H,20,23). The average molecular weight is 358 g/mol. The van der Waals surface area contributed by atoms with E-state index in [1.165, 1.54) is 11.3 Å². The van der Waals surface area contributed by atoms with E-state index in [-0.39, 0.29) is 5.91 Å². The highest BCUT2D eigenvalue weighted by molar-refractivity contribution is 7.13. The monoisotopic (exact) mass is 357 g/mol. The van der Waals surface area contributed by atoms with Gasteiger partial charge in [-0.05, 0) is 36.4 Å². The normalized spacial score (nSPS) is 10.4. The van der Waals surface area contributed by atoms with Crippen molar-refractivity contribution >= 4 is 40.4 Å². The van der Waals surface area contributed by atoms with Gasteiger partial charge in [-0.1, -0.05) is 23.7 Å². The number of hydrogen-bond acceptors (Lipinski definition) is 4. The lowest BCUT2D eigenvalue weighted by atomic mass is 10.2. The summed E-state index contributed by atoms with van der Waals surface area (Å²) in [4.78, 5) is 27.6. The van der Waals surface area contributed by atoms with Crippen molar-refractivity contribution in [2.24, 2.45) is 5.73 Å². The van der Waals surface area contributed by atoms with Gasteiger partial charge in [0.2, 0.25) is 5.91 Å². The van der Waals surface area contributed by atoms with Gasteiger partial charge in [0.1, 0.15) is 10.7 Å². The van der Waals surface area contributed by atoms with E-state index in [9.17, 15) is 9.59 Å². The van der Waals surface area contributed by atoms with Gasteiger partial charge >= 0.3 is 0 Å². The summed E-state index contributed by atoms with van der Waals surface area (Å²) < 4.78 is 0. The van der Waals surface area contributed by atoms with Crippen molar-refractivity contribution in [2.45, 2.75) is 0 Å². The molecule has 0 saturated heterocycles. The summed E-state index contributed by atoms with van der Waals surface area (Å²) >= 11 is 7.24. The van der Waals surface area contributed by atoms with Crippen LogP contribution in [0.5, 0.6) is 0 Å². The van der Waals surface area contributed by atoms with E-state index in [0.29, 0.717) is 22.0 Å². The van der Waals surface area contributed by atoms with Crippen molar-refractivity contribution < 1.29 is 9.59 Å². The summed E-state index contributed by atoms with van der Waals surface area (Å²) in [6, 6.07) is 13.6. The van der Waals surface area contributed by atoms with Crippen LogP contribution in [0.2, 0.25) is 5.02 Å². The molecule has 5 nitrogen and oxygen atoms in total. The number of halogens is 1. The molecular formula is C17H12ClN3O2S. The number of nitrogens with zero attached hydrogens (tertiary/aromatic N) is 1. The molecule has 0 fully saturated rings. The molecule has 3 aromatic rings. The van der Waals surface area contributed by atoms with Crippen molar-refractivity contribution in [2.75, 3.05) is 5.32 Å². The highest BCUT2D eigenvalue weighted by Gasteiger charge is 2.12. The van der Waals surface area contributed by atoms with E-state index in [1.54, 1.807) is 41.8 Å². The molecule has 24 heavy (non-hydrogen) atoms. The molecule has 0 aliphatic rings. The maximum atomic E-state index is 12.3. The Bertz CT molecular complexity index is 889. The topological polar surface area (TPSA) is 85.1 Å². The van der Waals surface area contributed by atoms with Crippen LogP contribution >= 0.6 is 22.9 Å². The predicted molar refractivity (Wildman–Crippen MR) is 95.5 cm³/mol. The van der Waals surface area contributed by atoms with E-state index < -0.39 is 5.91 Å². The van der Waals surface area contributed by atoms with Crippen LogP contribution in [0.1, 0.15) is 20.8 Å². The number of rotatable bonds is 4. The Hall–Kier alpha value is -2.70. The zero-order valence-electron chi connectivity index (χ0n) is 12.3. The second-order valence-corrected chi connectivity index (χ2v) is 6.24. The molecule has 0 aliphatic heterocycles. The lowest BCUT2D eigenvalue weighted by molar-refractivity contribution is 0.0998. The summed E-state index contributed by atoms with van der Waals surface area (Å²) in [5, 5.41) is 5.80. The fourth-order valence-electron chi connectivity index (χ4n) is 2.02. The summed E-state index contributed by atoms with van der Waals surface area (Å²) in [5.74, 6) is -0.835. The first kappa shape index (κ1) is 16.2. The van der Waals surface area contributed by atoms with Crippen LogP contribution < -0.4 is 11.1 Å². The van der Waals surface area contributed by atoms with Gasteiger partial charge in [-0.25, -0.2) is 4.98 Å². The molecule has 3 N–H and O–H groups in total. The van der Waals surface area contributed by atoms with E-state index in [2.05, 4.69) is 10.3 Å². The van der Waals surface area contributed by atoms with Crippen LogP contribution in [-0.2, 0) is 0 Å². The Morgan fingerprint density at radius 3 is 2.33 bits per heavy atom. The number of nitrogens with one attached hydrogen (secondary N) is 1. The van der Waals surface area contributed by atoms with Crippen LogP contribution in [0.3, 0.4) is 0 Å². The van der Waals surface area contributed by atoms with Crippen LogP contribution in [0.25, 0.3) is 10.6 Å².